The molecule has 7 nitrogen and oxygen atoms in total. The van der Waals surface area contributed by atoms with Crippen LogP contribution in [0.25, 0.3) is 0 Å². The molecule has 1 aromatic carbocycles. The molecule has 1 saturated heterocycles. The molecule has 0 aliphatic carbocycles. The number of ether oxygens (including phenoxy) is 1. The topological polar surface area (TPSA) is 80.5 Å². The van der Waals surface area contributed by atoms with E-state index in [2.05, 4.69) is 20.4 Å². The number of carbonyl (C=O) groups is 1. The number of hydrogen-bond acceptors (Lipinski definition) is 6. The Morgan fingerprint density at radius 1 is 1.41 bits per heavy atom. The molecule has 0 spiro atoms. The van der Waals surface area contributed by atoms with Gasteiger partial charge in [-0.15, -0.1) is 0 Å². The van der Waals surface area contributed by atoms with Gasteiger partial charge in [0.15, 0.2) is 5.82 Å². The molecule has 0 radical (unpaired) electrons. The average molecular weight is 372 g/mol. The van der Waals surface area contributed by atoms with Crippen molar-refractivity contribution < 1.29 is 14.1 Å². The highest BCUT2D eigenvalue weighted by atomic mass is 16.5. The molecule has 1 N–H and O–H groups in total. The lowest BCUT2D eigenvalue weighted by atomic mass is 9.98. The van der Waals surface area contributed by atoms with Crippen molar-refractivity contribution in [1.82, 2.24) is 20.4 Å². The van der Waals surface area contributed by atoms with Crippen LogP contribution in [0.15, 0.2) is 28.8 Å². The highest BCUT2D eigenvalue weighted by Gasteiger charge is 2.27. The largest absolute Gasteiger partial charge is 0.496 e. The number of methoxy groups -OCH3 is 1. The molecule has 146 valence electrons. The van der Waals surface area contributed by atoms with Gasteiger partial charge in [0.25, 0.3) is 0 Å². The number of para-hydroxylation sites is 1. The summed E-state index contributed by atoms with van der Waals surface area (Å²) in [6.07, 6.45) is 2.03. The number of nitrogens with zero attached hydrogens (tertiary/aromatic N) is 3. The molecule has 27 heavy (non-hydrogen) atoms. The third-order valence-electron chi connectivity index (χ3n) is 4.86. The number of nitrogens with one attached hydrogen (secondary N) is 1. The Hall–Kier alpha value is -2.41. The van der Waals surface area contributed by atoms with E-state index in [1.54, 1.807) is 7.11 Å². The van der Waals surface area contributed by atoms with Crippen LogP contribution >= 0.6 is 0 Å². The second-order valence-electron chi connectivity index (χ2n) is 7.31. The Labute approximate surface area is 160 Å². The van der Waals surface area contributed by atoms with E-state index >= 15 is 0 Å². The quantitative estimate of drug-likeness (QED) is 0.805. The lowest BCUT2D eigenvalue weighted by Crippen LogP contribution is -2.41. The van der Waals surface area contributed by atoms with Crippen molar-refractivity contribution in [2.45, 2.75) is 45.1 Å². The van der Waals surface area contributed by atoms with Crippen molar-refractivity contribution in [3.63, 3.8) is 0 Å². The second kappa shape index (κ2) is 8.99. The van der Waals surface area contributed by atoms with Gasteiger partial charge >= 0.3 is 0 Å². The number of hydrogen-bond donors (Lipinski definition) is 1. The SMILES string of the molecule is COc1ccccc1CNC(=O)CN1CCC[C@H](c2nc(C(C)C)no2)C1. The van der Waals surface area contributed by atoms with Crippen LogP contribution in [0.2, 0.25) is 0 Å². The maximum Gasteiger partial charge on any atom is 0.234 e. The summed E-state index contributed by atoms with van der Waals surface area (Å²) in [6, 6.07) is 7.71. The zero-order valence-corrected chi connectivity index (χ0v) is 16.3. The minimum absolute atomic E-state index is 0.00922. The monoisotopic (exact) mass is 372 g/mol. The summed E-state index contributed by atoms with van der Waals surface area (Å²) in [5.41, 5.74) is 0.969. The van der Waals surface area contributed by atoms with Gasteiger partial charge in [-0.2, -0.15) is 4.98 Å². The smallest absolute Gasteiger partial charge is 0.234 e. The fourth-order valence-corrected chi connectivity index (χ4v) is 3.35. The van der Waals surface area contributed by atoms with Crippen molar-refractivity contribution >= 4 is 5.91 Å². The Morgan fingerprint density at radius 2 is 2.22 bits per heavy atom. The van der Waals surface area contributed by atoms with E-state index in [1.807, 2.05) is 38.1 Å². The molecule has 1 amide bonds. The molecule has 1 aliphatic heterocycles. The lowest BCUT2D eigenvalue weighted by Gasteiger charge is -2.30. The van der Waals surface area contributed by atoms with Crippen molar-refractivity contribution in [1.29, 1.82) is 0 Å². The zero-order chi connectivity index (χ0) is 19.2. The maximum atomic E-state index is 12.4. The Balaban J connectivity index is 1.51. The number of likely N-dealkylation sites (tertiary alicyclic amines) is 1. The first-order chi connectivity index (χ1) is 13.1. The van der Waals surface area contributed by atoms with Crippen molar-refractivity contribution in [2.24, 2.45) is 0 Å². The maximum absolute atomic E-state index is 12.4. The minimum Gasteiger partial charge on any atom is -0.496 e. The summed E-state index contributed by atoms with van der Waals surface area (Å²) in [4.78, 5) is 19.1. The van der Waals surface area contributed by atoms with Crippen LogP contribution in [-0.2, 0) is 11.3 Å². The van der Waals surface area contributed by atoms with Crippen LogP contribution in [-0.4, -0.2) is 47.7 Å². The number of aromatic nitrogens is 2. The van der Waals surface area contributed by atoms with Crippen LogP contribution in [0.1, 0.15) is 55.8 Å². The van der Waals surface area contributed by atoms with Gasteiger partial charge in [-0.1, -0.05) is 37.2 Å². The van der Waals surface area contributed by atoms with Crippen LogP contribution in [0.3, 0.4) is 0 Å². The molecular formula is C20H28N4O3. The van der Waals surface area contributed by atoms with E-state index in [1.165, 1.54) is 0 Å². The molecule has 0 saturated carbocycles. The molecule has 3 rings (SSSR count). The zero-order valence-electron chi connectivity index (χ0n) is 16.3. The van der Waals surface area contributed by atoms with Crippen LogP contribution in [0.5, 0.6) is 5.75 Å². The average Bonchev–Trinajstić information content (AvgIpc) is 3.17. The van der Waals surface area contributed by atoms with E-state index in [0.717, 1.165) is 43.1 Å². The highest BCUT2D eigenvalue weighted by Crippen LogP contribution is 2.26. The first kappa shape index (κ1) is 19.4. The number of benzene rings is 1. The van der Waals surface area contributed by atoms with Crippen LogP contribution < -0.4 is 10.1 Å². The van der Waals surface area contributed by atoms with E-state index in [9.17, 15) is 4.79 Å². The first-order valence-electron chi connectivity index (χ1n) is 9.51. The summed E-state index contributed by atoms with van der Waals surface area (Å²) in [6.45, 7) is 6.60. The molecule has 1 fully saturated rings. The van der Waals surface area contributed by atoms with Gasteiger partial charge in [0.1, 0.15) is 5.75 Å². The lowest BCUT2D eigenvalue weighted by molar-refractivity contribution is -0.122. The van der Waals surface area contributed by atoms with Gasteiger partial charge < -0.3 is 14.6 Å². The molecule has 0 bridgehead atoms. The first-order valence-corrected chi connectivity index (χ1v) is 9.51. The van der Waals surface area contributed by atoms with Crippen molar-refractivity contribution in [3.8, 4) is 5.75 Å². The van der Waals surface area contributed by atoms with Gasteiger partial charge in [-0.3, -0.25) is 9.69 Å². The van der Waals surface area contributed by atoms with Gasteiger partial charge in [0, 0.05) is 24.6 Å². The fourth-order valence-electron chi connectivity index (χ4n) is 3.35. The molecule has 2 heterocycles. The Morgan fingerprint density at radius 3 is 2.96 bits per heavy atom. The fraction of sp³-hybridized carbons (Fsp3) is 0.550. The minimum atomic E-state index is 0.00922. The third-order valence-corrected chi connectivity index (χ3v) is 4.86. The van der Waals surface area contributed by atoms with E-state index in [-0.39, 0.29) is 17.7 Å². The second-order valence-corrected chi connectivity index (χ2v) is 7.31. The van der Waals surface area contributed by atoms with Gasteiger partial charge in [0.2, 0.25) is 11.8 Å². The highest BCUT2D eigenvalue weighted by molar-refractivity contribution is 5.78. The Kier molecular flexibility index (Phi) is 6.45. The molecule has 1 aliphatic rings. The molecule has 1 aromatic heterocycles. The molecule has 2 aromatic rings. The molecular weight excluding hydrogens is 344 g/mol. The molecule has 7 heteroatoms. The van der Waals surface area contributed by atoms with E-state index in [4.69, 9.17) is 9.26 Å². The standard InChI is InChI=1S/C20H28N4O3/c1-14(2)19-22-20(27-23-19)16-8-6-10-24(12-16)13-18(25)21-11-15-7-4-5-9-17(15)26-3/h4-5,7,9,14,16H,6,8,10-13H2,1-3H3,(H,21,25)/t16-/m0/s1. The molecule has 1 atom stereocenters. The number of amides is 1. The predicted molar refractivity (Wildman–Crippen MR) is 102 cm³/mol. The summed E-state index contributed by atoms with van der Waals surface area (Å²) in [5.74, 6) is 2.68. The van der Waals surface area contributed by atoms with E-state index < -0.39 is 0 Å². The number of piperidine rings is 1. The van der Waals surface area contributed by atoms with Gasteiger partial charge in [-0.05, 0) is 25.5 Å². The normalized spacial score (nSPS) is 17.9. The van der Waals surface area contributed by atoms with E-state index in [0.29, 0.717) is 19.0 Å². The summed E-state index contributed by atoms with van der Waals surface area (Å²) < 4.78 is 10.8. The van der Waals surface area contributed by atoms with Gasteiger partial charge in [-0.25, -0.2) is 0 Å². The van der Waals surface area contributed by atoms with Crippen LogP contribution in [0, 0.1) is 0 Å². The Bertz CT molecular complexity index is 759. The summed E-state index contributed by atoms with van der Waals surface area (Å²) in [5, 5.41) is 7.04. The van der Waals surface area contributed by atoms with Crippen molar-refractivity contribution in [2.75, 3.05) is 26.7 Å². The van der Waals surface area contributed by atoms with Crippen molar-refractivity contribution in [3.05, 3.63) is 41.5 Å². The predicted octanol–water partition coefficient (Wildman–Crippen LogP) is 2.70. The number of rotatable bonds is 7. The van der Waals surface area contributed by atoms with Crippen LogP contribution in [0.4, 0.5) is 0 Å². The third kappa shape index (κ3) is 5.07. The molecule has 0 unspecified atom stereocenters. The summed E-state index contributed by atoms with van der Waals surface area (Å²) in [7, 11) is 1.64. The number of carbonyl (C=O) groups excluding carboxylic acids is 1. The summed E-state index contributed by atoms with van der Waals surface area (Å²) >= 11 is 0. The van der Waals surface area contributed by atoms with Gasteiger partial charge in [0.05, 0.1) is 19.6 Å².